The number of nitrogens with zero attached hydrogens (tertiary/aromatic N) is 6. The summed E-state index contributed by atoms with van der Waals surface area (Å²) in [5, 5.41) is 51.5. The average molecular weight is 270 g/mol. The van der Waals surface area contributed by atoms with Crippen molar-refractivity contribution in [2.24, 2.45) is 0 Å². The molecule has 0 heterocycles. The standard InChI is InChI=1S/6CN.Fe.K.H2O.H/c6*1-2;;;;/h;;;;;;;;1H2;. The molecule has 2 N–H and O–H groups in total. The van der Waals surface area contributed by atoms with E-state index >= 15 is 0 Å². The van der Waals surface area contributed by atoms with E-state index in [2.05, 4.69) is 0 Å². The molecule has 0 aromatic rings. The van der Waals surface area contributed by atoms with E-state index in [-0.39, 0.29) is 56.9 Å². The van der Waals surface area contributed by atoms with E-state index in [1.165, 1.54) is 0 Å². The molecule has 15 heavy (non-hydrogen) atoms. The molecular weight excluding hydrogens is 267 g/mol. The predicted octanol–water partition coefficient (Wildman–Crippen LogP) is -1.38. The molecule has 0 saturated heterocycles. The monoisotopic (exact) mass is 270 g/mol. The van der Waals surface area contributed by atoms with Crippen LogP contribution < -0.4 is 0 Å². The second kappa shape index (κ2) is 4.72. The molecule has 9 heteroatoms. The molecule has 0 amide bonds. The van der Waals surface area contributed by atoms with Crippen molar-refractivity contribution in [2.45, 2.75) is 0 Å². The van der Waals surface area contributed by atoms with E-state index in [1.54, 1.807) is 0 Å². The molecule has 0 atom stereocenters. The number of hydrogen-bond donors (Lipinski definition) is 0. The molecule has 0 saturated carbocycles. The van der Waals surface area contributed by atoms with Crippen molar-refractivity contribution in [1.82, 2.24) is 0 Å². The SMILES string of the molecule is N#[C][Fe]([C]#N)([C]#N)([C]#N)([C]#N)[C]#N.O.[KH]. The van der Waals surface area contributed by atoms with Crippen LogP contribution >= 0.6 is 0 Å². The van der Waals surface area contributed by atoms with E-state index in [0.29, 0.717) is 0 Å². The van der Waals surface area contributed by atoms with Crippen molar-refractivity contribution in [3.8, 4) is 29.8 Å². The zero-order valence-electron chi connectivity index (χ0n) is 6.54. The van der Waals surface area contributed by atoms with Crippen LogP contribution in [0, 0.1) is 61.4 Å². The quantitative estimate of drug-likeness (QED) is 0.490. The topological polar surface area (TPSA) is 174 Å². The van der Waals surface area contributed by atoms with Crippen LogP contribution in [-0.2, 0) is 10.7 Å². The van der Waals surface area contributed by atoms with E-state index < -0.39 is 10.7 Å². The average Bonchev–Trinajstić information content (AvgIpc) is 2.26. The predicted molar refractivity (Wildman–Crippen MR) is 44.4 cm³/mol. The first-order valence-electron chi connectivity index (χ1n) is 2.40. The summed E-state index contributed by atoms with van der Waals surface area (Å²) < 4.78 is 0. The summed E-state index contributed by atoms with van der Waals surface area (Å²) in [7, 11) is -6.17. The van der Waals surface area contributed by atoms with Gasteiger partial charge in [0.15, 0.2) is 0 Å². The Hall–Kier alpha value is -0.944. The maximum absolute atomic E-state index is 8.58. The summed E-state index contributed by atoms with van der Waals surface area (Å²) in [5.74, 6) is 0. The Bertz CT molecular complexity index is 397. The summed E-state index contributed by atoms with van der Waals surface area (Å²) in [6, 6.07) is 0. The Balaban J connectivity index is -0.000000720. The molecule has 0 aromatic heterocycles. The second-order valence-electron chi connectivity index (χ2n) is 1.80. The van der Waals surface area contributed by atoms with Crippen LogP contribution in [0.3, 0.4) is 0 Å². The Morgan fingerprint density at radius 2 is 0.667 bits per heavy atom. The summed E-state index contributed by atoms with van der Waals surface area (Å²) >= 11 is 0. The number of rotatable bonds is 0. The van der Waals surface area contributed by atoms with Crippen LogP contribution in [0.4, 0.5) is 0 Å². The molecule has 0 aliphatic heterocycles. The molecule has 0 aliphatic rings. The normalized spacial score (nSPS) is 11.6. The van der Waals surface area contributed by atoms with Crippen LogP contribution in [0.2, 0.25) is 0 Å². The van der Waals surface area contributed by atoms with Crippen molar-refractivity contribution in [3.05, 3.63) is 0 Å². The third-order valence-electron chi connectivity index (χ3n) is 1.19. The van der Waals surface area contributed by atoms with Gasteiger partial charge in [-0.2, -0.15) is 0 Å². The first-order valence-corrected chi connectivity index (χ1v) is 5.71. The van der Waals surface area contributed by atoms with E-state index in [9.17, 15) is 0 Å². The van der Waals surface area contributed by atoms with E-state index in [4.69, 9.17) is 31.6 Å². The third-order valence-corrected chi connectivity index (χ3v) is 4.89. The van der Waals surface area contributed by atoms with Crippen LogP contribution in [-0.4, -0.2) is 56.9 Å². The Labute approximate surface area is 127 Å². The second-order valence-corrected chi connectivity index (χ2v) is 7.42. The van der Waals surface area contributed by atoms with Gasteiger partial charge in [-0.25, -0.2) is 0 Å². The van der Waals surface area contributed by atoms with Gasteiger partial charge in [-0.1, -0.05) is 0 Å². The van der Waals surface area contributed by atoms with Crippen molar-refractivity contribution in [2.75, 3.05) is 0 Å². The van der Waals surface area contributed by atoms with Gasteiger partial charge in [0.2, 0.25) is 0 Å². The van der Waals surface area contributed by atoms with Crippen molar-refractivity contribution in [1.29, 1.82) is 31.6 Å². The molecule has 0 aliphatic carbocycles. The molecule has 0 aromatic carbocycles. The molecule has 0 rings (SSSR count). The first kappa shape index (κ1) is 19.6. The molecule has 0 fully saturated rings. The summed E-state index contributed by atoms with van der Waals surface area (Å²) in [6.45, 7) is 0. The van der Waals surface area contributed by atoms with Gasteiger partial charge < -0.3 is 5.48 Å². The Kier molecular flexibility index (Phi) is 6.16. The van der Waals surface area contributed by atoms with Crippen molar-refractivity contribution >= 4 is 51.4 Å². The van der Waals surface area contributed by atoms with Gasteiger partial charge in [-0.15, -0.1) is 0 Å². The Morgan fingerprint density at radius 3 is 0.667 bits per heavy atom. The summed E-state index contributed by atoms with van der Waals surface area (Å²) in [5.41, 5.74) is 0. The van der Waals surface area contributed by atoms with Crippen molar-refractivity contribution < 1.29 is 16.2 Å². The molecule has 0 unspecified atom stereocenters. The Morgan fingerprint density at radius 1 is 0.533 bits per heavy atom. The van der Waals surface area contributed by atoms with Crippen LogP contribution in [0.25, 0.3) is 0 Å². The minimum absolute atomic E-state index is 0. The molecule has 0 bridgehead atoms. The fourth-order valence-electron chi connectivity index (χ4n) is 0.265. The van der Waals surface area contributed by atoms with E-state index in [1.807, 2.05) is 0 Å². The van der Waals surface area contributed by atoms with Crippen LogP contribution in [0.15, 0.2) is 0 Å². The summed E-state index contributed by atoms with van der Waals surface area (Å²) in [4.78, 5) is 6.19. The first-order chi connectivity index (χ1) is 5.97. The number of hydrogen-bond acceptors (Lipinski definition) is 6. The molecular formula is C6H3FeKN6O. The maximum atomic E-state index is 8.58. The molecule has 7 nitrogen and oxygen atoms in total. The van der Waals surface area contributed by atoms with Crippen molar-refractivity contribution in [3.63, 3.8) is 0 Å². The fourth-order valence-corrected chi connectivity index (χ4v) is 1.09. The van der Waals surface area contributed by atoms with Gasteiger partial charge in [0.1, 0.15) is 0 Å². The van der Waals surface area contributed by atoms with Gasteiger partial charge in [-0.05, 0) is 0 Å². The van der Waals surface area contributed by atoms with Gasteiger partial charge in [0.05, 0.1) is 0 Å². The fraction of sp³-hybridized carbons (Fsp3) is 0. The third kappa shape index (κ3) is 1.89. The van der Waals surface area contributed by atoms with Crippen LogP contribution in [0.5, 0.6) is 0 Å². The minimum atomic E-state index is -6.17. The zero-order chi connectivity index (χ0) is 10.7. The van der Waals surface area contributed by atoms with Crippen LogP contribution in [0.1, 0.15) is 0 Å². The molecule has 72 valence electrons. The van der Waals surface area contributed by atoms with Gasteiger partial charge in [-0.3, -0.25) is 0 Å². The molecule has 0 radical (unpaired) electrons. The van der Waals surface area contributed by atoms with E-state index in [0.717, 1.165) is 29.8 Å². The summed E-state index contributed by atoms with van der Waals surface area (Å²) in [6.07, 6.45) is 0. The van der Waals surface area contributed by atoms with Gasteiger partial charge in [0.25, 0.3) is 0 Å². The number of nitriles is 6. The molecule has 0 spiro atoms. The zero-order valence-corrected chi connectivity index (χ0v) is 7.64. The van der Waals surface area contributed by atoms with Gasteiger partial charge >= 0.3 is 123 Å². The van der Waals surface area contributed by atoms with Gasteiger partial charge in [0, 0.05) is 0 Å².